The van der Waals surface area contributed by atoms with E-state index in [2.05, 4.69) is 109 Å². The van der Waals surface area contributed by atoms with Gasteiger partial charge in [0.15, 0.2) is 0 Å². The van der Waals surface area contributed by atoms with Gasteiger partial charge in [0.05, 0.1) is 0 Å². The molecule has 0 aliphatic rings. The predicted octanol–water partition coefficient (Wildman–Crippen LogP) is 9.64. The average molecular weight is 527 g/mol. The normalized spacial score (nSPS) is 11.3. The first-order valence-corrected chi connectivity index (χ1v) is 15.9. The zero-order valence-electron chi connectivity index (χ0n) is 22.0. The van der Waals surface area contributed by atoms with E-state index >= 15 is 0 Å². The minimum atomic E-state index is -2.48. The van der Waals surface area contributed by atoms with Crippen LogP contribution in [0.15, 0.2) is 133 Å². The molecule has 0 aliphatic heterocycles. The molecule has 0 aromatic heterocycles. The molecule has 0 saturated heterocycles. The molecule has 0 amide bonds. The molecular weight excluding hydrogens is 496 g/mol. The second-order valence-electron chi connectivity index (χ2n) is 9.96. The summed E-state index contributed by atoms with van der Waals surface area (Å²) in [7, 11) is -2.48. The van der Waals surface area contributed by atoms with Crippen LogP contribution < -0.4 is 19.5 Å². The summed E-state index contributed by atoms with van der Waals surface area (Å²) in [5.74, 6) is 1.59. The second-order valence-corrected chi connectivity index (χ2v) is 13.2. The van der Waals surface area contributed by atoms with Gasteiger partial charge in [-0.2, -0.15) is 0 Å². The van der Waals surface area contributed by atoms with Gasteiger partial charge in [-0.05, 0) is 71.4 Å². The fourth-order valence-electron chi connectivity index (χ4n) is 4.78. The Morgan fingerprint density at radius 2 is 0.821 bits per heavy atom. The summed E-state index contributed by atoms with van der Waals surface area (Å²) in [5, 5.41) is 11.9. The molecule has 0 fully saturated rings. The van der Waals surface area contributed by atoms with E-state index in [0.717, 1.165) is 34.2 Å². The van der Waals surface area contributed by atoms with Crippen molar-refractivity contribution < 1.29 is 8.85 Å². The molecule has 0 heterocycles. The third-order valence-electron chi connectivity index (χ3n) is 6.57. The number of hydrogen-bond acceptors (Lipinski definition) is 4. The predicted molar refractivity (Wildman–Crippen MR) is 166 cm³/mol. The Kier molecular flexibility index (Phi) is 6.65. The van der Waals surface area contributed by atoms with Crippen LogP contribution in [0.5, 0.6) is 11.5 Å². The molecule has 39 heavy (non-hydrogen) atoms. The number of benzene rings is 6. The summed E-state index contributed by atoms with van der Waals surface area (Å²) in [6.07, 6.45) is 0. The number of rotatable bonds is 8. The van der Waals surface area contributed by atoms with E-state index in [9.17, 15) is 0 Å². The fraction of sp³-hybridized carbons (Fsp3) is 0.0588. The van der Waals surface area contributed by atoms with Gasteiger partial charge in [-0.1, -0.05) is 72.8 Å². The molecule has 2 N–H and O–H groups in total. The van der Waals surface area contributed by atoms with Crippen LogP contribution in [0.1, 0.15) is 0 Å². The maximum absolute atomic E-state index is 6.33. The van der Waals surface area contributed by atoms with E-state index in [1.54, 1.807) is 0 Å². The quantitative estimate of drug-likeness (QED) is 0.194. The van der Waals surface area contributed by atoms with E-state index in [0.29, 0.717) is 0 Å². The first-order valence-electron chi connectivity index (χ1n) is 13.1. The maximum atomic E-state index is 6.33. The lowest BCUT2D eigenvalue weighted by Crippen LogP contribution is -2.41. The third kappa shape index (κ3) is 5.74. The van der Waals surface area contributed by atoms with Crippen molar-refractivity contribution in [3.63, 3.8) is 0 Å². The minimum absolute atomic E-state index is 0.796. The lowest BCUT2D eigenvalue weighted by atomic mass is 10.1. The Hall–Kier alpha value is -4.74. The Morgan fingerprint density at radius 3 is 1.26 bits per heavy atom. The Labute approximate surface area is 230 Å². The molecule has 192 valence electrons. The summed E-state index contributed by atoms with van der Waals surface area (Å²) < 4.78 is 12.7. The van der Waals surface area contributed by atoms with Crippen molar-refractivity contribution >= 4 is 52.9 Å². The van der Waals surface area contributed by atoms with Gasteiger partial charge in [-0.25, -0.2) is 0 Å². The molecule has 0 unspecified atom stereocenters. The summed E-state index contributed by atoms with van der Waals surface area (Å²) >= 11 is 0. The van der Waals surface area contributed by atoms with Gasteiger partial charge >= 0.3 is 8.56 Å². The lowest BCUT2D eigenvalue weighted by Gasteiger charge is -2.25. The van der Waals surface area contributed by atoms with Crippen LogP contribution in [-0.4, -0.2) is 8.56 Å². The largest absolute Gasteiger partial charge is 0.512 e. The summed E-state index contributed by atoms with van der Waals surface area (Å²) in [6, 6.07) is 45.4. The van der Waals surface area contributed by atoms with E-state index < -0.39 is 8.56 Å². The number of fused-ring (bicyclic) bond motifs is 2. The molecule has 0 spiro atoms. The van der Waals surface area contributed by atoms with Gasteiger partial charge in [-0.3, -0.25) is 0 Å². The van der Waals surface area contributed by atoms with Crippen LogP contribution in [0.3, 0.4) is 0 Å². The maximum Gasteiger partial charge on any atom is 0.454 e. The van der Waals surface area contributed by atoms with Crippen LogP contribution in [0.2, 0.25) is 13.1 Å². The number of anilines is 4. The molecule has 0 saturated carbocycles. The van der Waals surface area contributed by atoms with Crippen molar-refractivity contribution in [3.8, 4) is 11.5 Å². The highest BCUT2D eigenvalue weighted by atomic mass is 28.4. The van der Waals surface area contributed by atoms with Crippen LogP contribution in [-0.2, 0) is 0 Å². The zero-order valence-corrected chi connectivity index (χ0v) is 23.0. The van der Waals surface area contributed by atoms with Gasteiger partial charge in [0, 0.05) is 46.6 Å². The smallest absolute Gasteiger partial charge is 0.454 e. The highest BCUT2D eigenvalue weighted by Gasteiger charge is 2.29. The van der Waals surface area contributed by atoms with Crippen molar-refractivity contribution in [3.05, 3.63) is 133 Å². The van der Waals surface area contributed by atoms with Crippen molar-refractivity contribution in [2.45, 2.75) is 13.1 Å². The van der Waals surface area contributed by atoms with Gasteiger partial charge in [0.1, 0.15) is 11.5 Å². The topological polar surface area (TPSA) is 42.5 Å². The Morgan fingerprint density at radius 1 is 0.436 bits per heavy atom. The number of hydrogen-bond donors (Lipinski definition) is 2. The summed E-state index contributed by atoms with van der Waals surface area (Å²) in [4.78, 5) is 0. The van der Waals surface area contributed by atoms with Crippen LogP contribution >= 0.6 is 0 Å². The van der Waals surface area contributed by atoms with Crippen molar-refractivity contribution in [1.82, 2.24) is 0 Å². The van der Waals surface area contributed by atoms with E-state index in [4.69, 9.17) is 8.85 Å². The van der Waals surface area contributed by atoms with Gasteiger partial charge < -0.3 is 19.5 Å². The van der Waals surface area contributed by atoms with Gasteiger partial charge in [0.25, 0.3) is 0 Å². The van der Waals surface area contributed by atoms with Gasteiger partial charge in [0.2, 0.25) is 0 Å². The SMILES string of the molecule is C[Si](C)(Oc1ccc(Nc2cccc3ccccc23)cc1)Oc1ccc(Nc2cccc3ccccc23)cc1. The molecule has 5 heteroatoms. The minimum Gasteiger partial charge on any atom is -0.512 e. The number of nitrogens with one attached hydrogen (secondary N) is 2. The molecule has 0 atom stereocenters. The molecule has 4 nitrogen and oxygen atoms in total. The molecule has 0 radical (unpaired) electrons. The van der Waals surface area contributed by atoms with Crippen molar-refractivity contribution in [2.24, 2.45) is 0 Å². The standard InChI is InChI=1S/C34H30N2O2Si/c1-39(2,37-29-21-17-27(18-22-29)35-33-15-7-11-25-9-3-5-13-31(25)33)38-30-23-19-28(20-24-30)36-34-16-8-12-26-10-4-6-14-32(26)34/h3-24,35-36H,1-2H3. The third-order valence-corrected chi connectivity index (χ3v) is 8.03. The van der Waals surface area contributed by atoms with E-state index in [1.807, 2.05) is 48.5 Å². The van der Waals surface area contributed by atoms with Crippen molar-refractivity contribution in [1.29, 1.82) is 0 Å². The molecule has 6 rings (SSSR count). The molecule has 0 aliphatic carbocycles. The highest BCUT2D eigenvalue weighted by molar-refractivity contribution is 6.66. The Bertz CT molecular complexity index is 1590. The zero-order chi connectivity index (χ0) is 26.7. The first kappa shape index (κ1) is 24.6. The second kappa shape index (κ2) is 10.6. The lowest BCUT2D eigenvalue weighted by molar-refractivity contribution is 0.400. The average Bonchev–Trinajstić information content (AvgIpc) is 2.95. The molecular formula is C34H30N2O2Si. The van der Waals surface area contributed by atoms with Crippen LogP contribution in [0.4, 0.5) is 22.7 Å². The van der Waals surface area contributed by atoms with Crippen LogP contribution in [0, 0.1) is 0 Å². The van der Waals surface area contributed by atoms with Gasteiger partial charge in [-0.15, -0.1) is 0 Å². The first-order chi connectivity index (χ1) is 19.0. The van der Waals surface area contributed by atoms with E-state index in [-0.39, 0.29) is 0 Å². The highest BCUT2D eigenvalue weighted by Crippen LogP contribution is 2.30. The molecule has 6 aromatic rings. The monoisotopic (exact) mass is 526 g/mol. The van der Waals surface area contributed by atoms with Crippen LogP contribution in [0.25, 0.3) is 21.5 Å². The summed E-state index contributed by atoms with van der Waals surface area (Å²) in [6.45, 7) is 4.11. The fourth-order valence-corrected chi connectivity index (χ4v) is 6.23. The Balaban J connectivity index is 1.09. The molecule has 6 aromatic carbocycles. The van der Waals surface area contributed by atoms with E-state index in [1.165, 1.54) is 21.5 Å². The summed E-state index contributed by atoms with van der Waals surface area (Å²) in [5.41, 5.74) is 4.18. The van der Waals surface area contributed by atoms with Crippen molar-refractivity contribution in [2.75, 3.05) is 10.6 Å². The molecule has 0 bridgehead atoms.